The van der Waals surface area contributed by atoms with E-state index in [1.165, 1.54) is 11.3 Å². The topological polar surface area (TPSA) is 69.7 Å². The van der Waals surface area contributed by atoms with Crippen LogP contribution in [-0.4, -0.2) is 60.2 Å². The molecule has 1 saturated heterocycles. The summed E-state index contributed by atoms with van der Waals surface area (Å²) < 4.78 is 0. The first-order valence-electron chi connectivity index (χ1n) is 8.87. The summed E-state index contributed by atoms with van der Waals surface area (Å²) in [5, 5.41) is 2.85. The first-order chi connectivity index (χ1) is 12.0. The molecule has 1 saturated carbocycles. The SMILES string of the molecule is Cc1ccc(C(=O)N2CCN(C(=O)CCNC(=O)C3CC3C)CC2)s1. The Balaban J connectivity index is 1.38. The molecule has 1 aliphatic heterocycles. The van der Waals surface area contributed by atoms with Gasteiger partial charge in [-0.1, -0.05) is 6.92 Å². The van der Waals surface area contributed by atoms with E-state index < -0.39 is 0 Å². The molecule has 25 heavy (non-hydrogen) atoms. The number of amides is 3. The molecule has 136 valence electrons. The normalized spacial score (nSPS) is 22.6. The van der Waals surface area contributed by atoms with E-state index in [1.54, 1.807) is 4.90 Å². The Morgan fingerprint density at radius 1 is 1.16 bits per heavy atom. The Kier molecular flexibility index (Phi) is 5.42. The van der Waals surface area contributed by atoms with Gasteiger partial charge in [0.05, 0.1) is 4.88 Å². The van der Waals surface area contributed by atoms with Gasteiger partial charge in [-0.2, -0.15) is 0 Å². The lowest BCUT2D eigenvalue weighted by Crippen LogP contribution is -2.50. The van der Waals surface area contributed by atoms with Crippen molar-refractivity contribution < 1.29 is 14.4 Å². The molecule has 1 aliphatic carbocycles. The molecule has 0 spiro atoms. The molecule has 0 bridgehead atoms. The van der Waals surface area contributed by atoms with Gasteiger partial charge < -0.3 is 15.1 Å². The number of hydrogen-bond donors (Lipinski definition) is 1. The predicted molar refractivity (Wildman–Crippen MR) is 96.4 cm³/mol. The Labute approximate surface area is 152 Å². The van der Waals surface area contributed by atoms with Crippen molar-refractivity contribution in [3.05, 3.63) is 21.9 Å². The number of piperazine rings is 1. The van der Waals surface area contributed by atoms with E-state index in [0.717, 1.165) is 16.2 Å². The van der Waals surface area contributed by atoms with Gasteiger partial charge in [-0.25, -0.2) is 0 Å². The second-order valence-electron chi connectivity index (χ2n) is 6.94. The van der Waals surface area contributed by atoms with E-state index in [0.29, 0.717) is 45.1 Å². The molecule has 3 rings (SSSR count). The molecular weight excluding hydrogens is 338 g/mol. The number of hydrogen-bond acceptors (Lipinski definition) is 4. The van der Waals surface area contributed by atoms with E-state index in [-0.39, 0.29) is 23.6 Å². The zero-order valence-electron chi connectivity index (χ0n) is 14.8. The van der Waals surface area contributed by atoms with Crippen molar-refractivity contribution >= 4 is 29.1 Å². The Morgan fingerprint density at radius 3 is 2.36 bits per heavy atom. The summed E-state index contributed by atoms with van der Waals surface area (Å²) in [6, 6.07) is 3.82. The van der Waals surface area contributed by atoms with Crippen LogP contribution in [0.1, 0.15) is 34.3 Å². The third kappa shape index (κ3) is 4.39. The average molecular weight is 363 g/mol. The third-order valence-electron chi connectivity index (χ3n) is 4.96. The molecule has 6 nitrogen and oxygen atoms in total. The van der Waals surface area contributed by atoms with Gasteiger partial charge in [0, 0.05) is 49.9 Å². The highest BCUT2D eigenvalue weighted by atomic mass is 32.1. The van der Waals surface area contributed by atoms with Crippen LogP contribution < -0.4 is 5.32 Å². The summed E-state index contributed by atoms with van der Waals surface area (Å²) in [5.41, 5.74) is 0. The minimum atomic E-state index is 0.0446. The fourth-order valence-corrected chi connectivity index (χ4v) is 3.97. The Morgan fingerprint density at radius 2 is 1.80 bits per heavy atom. The van der Waals surface area contributed by atoms with Crippen molar-refractivity contribution in [3.8, 4) is 0 Å². The molecule has 1 N–H and O–H groups in total. The fraction of sp³-hybridized carbons (Fsp3) is 0.611. The van der Waals surface area contributed by atoms with Crippen LogP contribution in [-0.2, 0) is 9.59 Å². The number of rotatable bonds is 5. The van der Waals surface area contributed by atoms with Crippen LogP contribution in [0.5, 0.6) is 0 Å². The molecule has 0 radical (unpaired) electrons. The summed E-state index contributed by atoms with van der Waals surface area (Å²) in [4.78, 5) is 41.9. The maximum absolute atomic E-state index is 12.4. The van der Waals surface area contributed by atoms with Crippen LogP contribution in [0.3, 0.4) is 0 Å². The molecule has 2 atom stereocenters. The highest BCUT2D eigenvalue weighted by Gasteiger charge is 2.38. The lowest BCUT2D eigenvalue weighted by molar-refractivity contribution is -0.132. The van der Waals surface area contributed by atoms with Crippen LogP contribution in [0.25, 0.3) is 0 Å². The minimum Gasteiger partial charge on any atom is -0.355 e. The summed E-state index contributed by atoms with van der Waals surface area (Å²) in [6.07, 6.45) is 1.28. The quantitative estimate of drug-likeness (QED) is 0.862. The molecule has 3 amide bonds. The van der Waals surface area contributed by atoms with Gasteiger partial charge in [0.1, 0.15) is 0 Å². The second kappa shape index (κ2) is 7.56. The van der Waals surface area contributed by atoms with E-state index >= 15 is 0 Å². The maximum atomic E-state index is 12.4. The summed E-state index contributed by atoms with van der Waals surface area (Å²) >= 11 is 1.51. The monoisotopic (exact) mass is 363 g/mol. The van der Waals surface area contributed by atoms with Crippen molar-refractivity contribution in [2.45, 2.75) is 26.7 Å². The number of carbonyl (C=O) groups excluding carboxylic acids is 3. The Hall–Kier alpha value is -1.89. The number of nitrogens with zero attached hydrogens (tertiary/aromatic N) is 2. The van der Waals surface area contributed by atoms with Gasteiger partial charge in [0.25, 0.3) is 5.91 Å². The first kappa shape index (κ1) is 17.9. The zero-order valence-corrected chi connectivity index (χ0v) is 15.6. The zero-order chi connectivity index (χ0) is 18.0. The third-order valence-corrected chi connectivity index (χ3v) is 5.94. The predicted octanol–water partition coefficient (Wildman–Crippen LogP) is 1.50. The van der Waals surface area contributed by atoms with E-state index in [9.17, 15) is 14.4 Å². The summed E-state index contributed by atoms with van der Waals surface area (Å²) in [7, 11) is 0. The van der Waals surface area contributed by atoms with Crippen LogP contribution >= 0.6 is 11.3 Å². The molecule has 0 aromatic carbocycles. The van der Waals surface area contributed by atoms with Crippen molar-refractivity contribution in [3.63, 3.8) is 0 Å². The summed E-state index contributed by atoms with van der Waals surface area (Å²) in [5.74, 6) is 0.792. The van der Waals surface area contributed by atoms with Gasteiger partial charge in [0.15, 0.2) is 0 Å². The van der Waals surface area contributed by atoms with E-state index in [2.05, 4.69) is 12.2 Å². The van der Waals surface area contributed by atoms with Crippen molar-refractivity contribution in [2.24, 2.45) is 11.8 Å². The van der Waals surface area contributed by atoms with Crippen molar-refractivity contribution in [1.82, 2.24) is 15.1 Å². The smallest absolute Gasteiger partial charge is 0.264 e. The van der Waals surface area contributed by atoms with Crippen LogP contribution in [0.15, 0.2) is 12.1 Å². The molecule has 2 aliphatic rings. The van der Waals surface area contributed by atoms with Gasteiger partial charge in [-0.3, -0.25) is 14.4 Å². The number of aryl methyl sites for hydroxylation is 1. The fourth-order valence-electron chi connectivity index (χ4n) is 3.13. The standard InChI is InChI=1S/C18H25N3O3S/c1-12-11-14(12)17(23)19-6-5-16(22)20-7-9-21(10-8-20)18(24)15-4-3-13(2)25-15/h3-4,12,14H,5-11H2,1-2H3,(H,19,23). The van der Waals surface area contributed by atoms with Crippen LogP contribution in [0.2, 0.25) is 0 Å². The van der Waals surface area contributed by atoms with Gasteiger partial charge in [-0.05, 0) is 31.4 Å². The minimum absolute atomic E-state index is 0.0446. The van der Waals surface area contributed by atoms with Crippen LogP contribution in [0, 0.1) is 18.8 Å². The molecular formula is C18H25N3O3S. The molecule has 2 fully saturated rings. The molecule has 1 aromatic heterocycles. The average Bonchev–Trinajstić information content (AvgIpc) is 3.19. The largest absolute Gasteiger partial charge is 0.355 e. The van der Waals surface area contributed by atoms with Crippen molar-refractivity contribution in [2.75, 3.05) is 32.7 Å². The first-order valence-corrected chi connectivity index (χ1v) is 9.68. The van der Waals surface area contributed by atoms with Gasteiger partial charge in [0.2, 0.25) is 11.8 Å². The highest BCUT2D eigenvalue weighted by molar-refractivity contribution is 7.13. The van der Waals surface area contributed by atoms with E-state index in [4.69, 9.17) is 0 Å². The Bertz CT molecular complexity index is 664. The van der Waals surface area contributed by atoms with E-state index in [1.807, 2.05) is 24.0 Å². The maximum Gasteiger partial charge on any atom is 0.264 e. The highest BCUT2D eigenvalue weighted by Crippen LogP contribution is 2.37. The molecule has 7 heteroatoms. The molecule has 1 aromatic rings. The molecule has 2 unspecified atom stereocenters. The van der Waals surface area contributed by atoms with Crippen LogP contribution in [0.4, 0.5) is 0 Å². The summed E-state index contributed by atoms with van der Waals surface area (Å²) in [6.45, 7) is 6.69. The second-order valence-corrected chi connectivity index (χ2v) is 8.23. The lowest BCUT2D eigenvalue weighted by Gasteiger charge is -2.34. The number of nitrogens with one attached hydrogen (secondary N) is 1. The number of carbonyl (C=O) groups is 3. The lowest BCUT2D eigenvalue weighted by atomic mass is 10.2. The number of thiophene rings is 1. The van der Waals surface area contributed by atoms with Gasteiger partial charge >= 0.3 is 0 Å². The van der Waals surface area contributed by atoms with Crippen molar-refractivity contribution in [1.29, 1.82) is 0 Å². The van der Waals surface area contributed by atoms with Gasteiger partial charge in [-0.15, -0.1) is 11.3 Å². The molecule has 2 heterocycles.